The van der Waals surface area contributed by atoms with Crippen molar-refractivity contribution in [2.75, 3.05) is 0 Å². The van der Waals surface area contributed by atoms with Crippen molar-refractivity contribution >= 4 is 10.1 Å². The summed E-state index contributed by atoms with van der Waals surface area (Å²) in [6, 6.07) is 0. The largest absolute Gasteiger partial charge is 1.00 e. The summed E-state index contributed by atoms with van der Waals surface area (Å²) in [5.41, 5.74) is -2.21. The molecule has 0 saturated heterocycles. The quantitative estimate of drug-likeness (QED) is 0.327. The van der Waals surface area contributed by atoms with E-state index < -0.39 is 21.7 Å². The molecule has 0 amide bonds. The molecule has 56 valence electrons. The summed E-state index contributed by atoms with van der Waals surface area (Å²) in [5.74, 6) is 0. The van der Waals surface area contributed by atoms with Gasteiger partial charge in [-0.2, -0.15) is 0 Å². The SMILES string of the molecule is CC(O)C(O)S(=O)(=O)[O-].[Na+]. The Hall–Kier alpha value is 0.830. The molecule has 0 saturated carbocycles. The fourth-order valence-corrected chi connectivity index (χ4v) is 0.724. The van der Waals surface area contributed by atoms with Crippen LogP contribution in [0.3, 0.4) is 0 Å². The molecule has 0 fully saturated rings. The number of rotatable bonds is 2. The van der Waals surface area contributed by atoms with E-state index in [0.717, 1.165) is 6.92 Å². The maximum Gasteiger partial charge on any atom is 1.00 e. The molecule has 0 heterocycles. The van der Waals surface area contributed by atoms with Crippen molar-refractivity contribution < 1.29 is 52.7 Å². The van der Waals surface area contributed by atoms with Gasteiger partial charge in [0.05, 0.1) is 6.10 Å². The van der Waals surface area contributed by atoms with Crippen LogP contribution in [-0.4, -0.2) is 34.7 Å². The smallest absolute Gasteiger partial charge is 0.746 e. The molecule has 7 heteroatoms. The van der Waals surface area contributed by atoms with Gasteiger partial charge in [-0.05, 0) is 6.92 Å². The molecular formula is C3H7NaO5S. The van der Waals surface area contributed by atoms with Gasteiger partial charge >= 0.3 is 29.6 Å². The fraction of sp³-hybridized carbons (Fsp3) is 1.00. The first-order chi connectivity index (χ1) is 3.85. The second-order valence-corrected chi connectivity index (χ2v) is 3.09. The number of hydrogen-bond acceptors (Lipinski definition) is 5. The predicted octanol–water partition coefficient (Wildman–Crippen LogP) is -4.77. The standard InChI is InChI=1S/C3H8O5S.Na/c1-2(4)3(5)9(6,7)8;/h2-5H,1H3,(H,6,7,8);/q;+1/p-1. The van der Waals surface area contributed by atoms with Gasteiger partial charge in [-0.1, -0.05) is 0 Å². The number of aliphatic hydroxyl groups excluding tert-OH is 2. The zero-order valence-electron chi connectivity index (χ0n) is 5.68. The molecule has 0 aliphatic heterocycles. The normalized spacial score (nSPS) is 17.2. The maximum absolute atomic E-state index is 9.81. The Bertz CT molecular complexity index is 173. The van der Waals surface area contributed by atoms with Gasteiger partial charge in [-0.3, -0.25) is 0 Å². The average molecular weight is 178 g/mol. The van der Waals surface area contributed by atoms with E-state index in [2.05, 4.69) is 0 Å². The summed E-state index contributed by atoms with van der Waals surface area (Å²) in [7, 11) is -4.75. The van der Waals surface area contributed by atoms with E-state index in [-0.39, 0.29) is 29.6 Å². The third kappa shape index (κ3) is 4.62. The van der Waals surface area contributed by atoms with Gasteiger partial charge in [-0.25, -0.2) is 8.42 Å². The van der Waals surface area contributed by atoms with E-state index in [4.69, 9.17) is 10.2 Å². The number of hydrogen-bond donors (Lipinski definition) is 2. The Morgan fingerprint density at radius 2 is 1.70 bits per heavy atom. The molecule has 2 N–H and O–H groups in total. The molecule has 0 radical (unpaired) electrons. The van der Waals surface area contributed by atoms with Crippen molar-refractivity contribution in [1.29, 1.82) is 0 Å². The third-order valence-corrected chi connectivity index (χ3v) is 1.69. The second-order valence-electron chi connectivity index (χ2n) is 1.62. The summed E-state index contributed by atoms with van der Waals surface area (Å²) in [6.45, 7) is 1.01. The second kappa shape index (κ2) is 4.66. The van der Waals surface area contributed by atoms with Gasteiger partial charge in [0, 0.05) is 0 Å². The average Bonchev–Trinajstić information content (AvgIpc) is 1.62. The van der Waals surface area contributed by atoms with Crippen molar-refractivity contribution in [2.24, 2.45) is 0 Å². The van der Waals surface area contributed by atoms with Gasteiger partial charge in [0.15, 0.2) is 5.44 Å². The van der Waals surface area contributed by atoms with Gasteiger partial charge in [-0.15, -0.1) is 0 Å². The first-order valence-corrected chi connectivity index (χ1v) is 3.63. The van der Waals surface area contributed by atoms with Gasteiger partial charge in [0.25, 0.3) is 0 Å². The van der Waals surface area contributed by atoms with Crippen molar-refractivity contribution in [3.8, 4) is 0 Å². The maximum atomic E-state index is 9.81. The van der Waals surface area contributed by atoms with Crippen LogP contribution in [0, 0.1) is 0 Å². The van der Waals surface area contributed by atoms with Crippen LogP contribution in [-0.2, 0) is 10.1 Å². The summed E-state index contributed by atoms with van der Waals surface area (Å²) >= 11 is 0. The van der Waals surface area contributed by atoms with Crippen LogP contribution in [0.5, 0.6) is 0 Å². The first kappa shape index (κ1) is 13.4. The fourth-order valence-electron chi connectivity index (χ4n) is 0.241. The van der Waals surface area contributed by atoms with Crippen LogP contribution in [0.15, 0.2) is 0 Å². The summed E-state index contributed by atoms with van der Waals surface area (Å²) in [5, 5.41) is 16.6. The molecule has 0 aromatic heterocycles. The molecule has 0 aliphatic rings. The molecule has 0 aliphatic carbocycles. The molecule has 0 spiro atoms. The number of aliphatic hydroxyl groups is 2. The van der Waals surface area contributed by atoms with Crippen LogP contribution in [0.2, 0.25) is 0 Å². The van der Waals surface area contributed by atoms with E-state index in [1.165, 1.54) is 0 Å². The van der Waals surface area contributed by atoms with Crippen molar-refractivity contribution in [1.82, 2.24) is 0 Å². The molecule has 5 nitrogen and oxygen atoms in total. The Morgan fingerprint density at radius 1 is 1.40 bits per heavy atom. The topological polar surface area (TPSA) is 97.7 Å². The van der Waals surface area contributed by atoms with E-state index in [1.807, 2.05) is 0 Å². The molecule has 0 rings (SSSR count). The van der Waals surface area contributed by atoms with Crippen molar-refractivity contribution in [3.05, 3.63) is 0 Å². The van der Waals surface area contributed by atoms with Crippen molar-refractivity contribution in [2.45, 2.75) is 18.5 Å². The van der Waals surface area contributed by atoms with E-state index in [9.17, 15) is 13.0 Å². The Balaban J connectivity index is 0. The minimum absolute atomic E-state index is 0. The molecule has 0 aromatic rings. The Labute approximate surface area is 81.1 Å². The minimum atomic E-state index is -4.75. The molecule has 2 atom stereocenters. The van der Waals surface area contributed by atoms with Gasteiger partial charge in [0.2, 0.25) is 0 Å². The Kier molecular flexibility index (Phi) is 6.25. The zero-order chi connectivity index (χ0) is 7.65. The molecular weight excluding hydrogens is 171 g/mol. The van der Waals surface area contributed by atoms with Crippen LogP contribution in [0.25, 0.3) is 0 Å². The third-order valence-electron chi connectivity index (χ3n) is 0.708. The Morgan fingerprint density at radius 3 is 1.70 bits per heavy atom. The van der Waals surface area contributed by atoms with Gasteiger partial charge < -0.3 is 14.8 Å². The van der Waals surface area contributed by atoms with Crippen LogP contribution < -0.4 is 29.6 Å². The molecule has 10 heavy (non-hydrogen) atoms. The van der Waals surface area contributed by atoms with Crippen LogP contribution in [0.1, 0.15) is 6.92 Å². The monoisotopic (exact) mass is 178 g/mol. The van der Waals surface area contributed by atoms with Crippen LogP contribution in [0.4, 0.5) is 0 Å². The molecule has 2 unspecified atom stereocenters. The molecule has 0 bridgehead atoms. The zero-order valence-corrected chi connectivity index (χ0v) is 8.50. The van der Waals surface area contributed by atoms with E-state index >= 15 is 0 Å². The minimum Gasteiger partial charge on any atom is -0.746 e. The van der Waals surface area contributed by atoms with Crippen molar-refractivity contribution in [3.63, 3.8) is 0 Å². The summed E-state index contributed by atoms with van der Waals surface area (Å²) in [6.07, 6.45) is -1.53. The summed E-state index contributed by atoms with van der Waals surface area (Å²) < 4.78 is 29.4. The van der Waals surface area contributed by atoms with E-state index in [1.54, 1.807) is 0 Å². The van der Waals surface area contributed by atoms with Crippen LogP contribution >= 0.6 is 0 Å². The van der Waals surface area contributed by atoms with Gasteiger partial charge in [0.1, 0.15) is 10.1 Å². The predicted molar refractivity (Wildman–Crippen MR) is 27.4 cm³/mol. The molecule has 0 aromatic carbocycles. The summed E-state index contributed by atoms with van der Waals surface area (Å²) in [4.78, 5) is 0. The van der Waals surface area contributed by atoms with E-state index in [0.29, 0.717) is 0 Å². The first-order valence-electron chi connectivity index (χ1n) is 2.16.